The average Bonchev–Trinajstić information content (AvgIpc) is 2.06. The summed E-state index contributed by atoms with van der Waals surface area (Å²) in [4.78, 5) is 0. The standard InChI is InChI=1S/C8H18N2O3S/c1-14(11,12)10-5-4-8-3-2-7(9)6-13-8/h7-8,10H,2-6,9H2,1H3/t7-,8+/m1/s1. The fourth-order valence-corrected chi connectivity index (χ4v) is 1.95. The van der Waals surface area contributed by atoms with E-state index in [0.29, 0.717) is 13.2 Å². The van der Waals surface area contributed by atoms with Crippen molar-refractivity contribution in [2.75, 3.05) is 19.4 Å². The largest absolute Gasteiger partial charge is 0.377 e. The molecule has 1 fully saturated rings. The number of hydrogen-bond acceptors (Lipinski definition) is 4. The Labute approximate surface area is 85.1 Å². The van der Waals surface area contributed by atoms with E-state index in [0.717, 1.165) is 25.5 Å². The smallest absolute Gasteiger partial charge is 0.208 e. The summed E-state index contributed by atoms with van der Waals surface area (Å²) in [6.07, 6.45) is 3.92. The van der Waals surface area contributed by atoms with Gasteiger partial charge in [0.15, 0.2) is 0 Å². The highest BCUT2D eigenvalue weighted by molar-refractivity contribution is 7.88. The lowest BCUT2D eigenvalue weighted by molar-refractivity contribution is 0.00192. The molecule has 0 saturated carbocycles. The molecule has 0 aromatic carbocycles. The molecule has 6 heteroatoms. The predicted octanol–water partition coefficient (Wildman–Crippen LogP) is -0.568. The molecule has 0 radical (unpaired) electrons. The van der Waals surface area contributed by atoms with E-state index >= 15 is 0 Å². The van der Waals surface area contributed by atoms with Crippen LogP contribution in [0.25, 0.3) is 0 Å². The summed E-state index contributed by atoms with van der Waals surface area (Å²) in [5, 5.41) is 0. The number of nitrogens with one attached hydrogen (secondary N) is 1. The zero-order chi connectivity index (χ0) is 10.6. The van der Waals surface area contributed by atoms with E-state index in [4.69, 9.17) is 10.5 Å². The molecular formula is C8H18N2O3S. The van der Waals surface area contributed by atoms with E-state index in [1.165, 1.54) is 0 Å². The third-order valence-corrected chi connectivity index (χ3v) is 2.96. The van der Waals surface area contributed by atoms with Gasteiger partial charge < -0.3 is 10.5 Å². The molecule has 1 rings (SSSR count). The molecule has 1 heterocycles. The van der Waals surface area contributed by atoms with Crippen LogP contribution in [0.3, 0.4) is 0 Å². The zero-order valence-electron chi connectivity index (χ0n) is 8.40. The minimum absolute atomic E-state index is 0.147. The van der Waals surface area contributed by atoms with Crippen molar-refractivity contribution in [1.82, 2.24) is 4.72 Å². The second-order valence-electron chi connectivity index (χ2n) is 3.75. The van der Waals surface area contributed by atoms with E-state index in [-0.39, 0.29) is 12.1 Å². The summed E-state index contributed by atoms with van der Waals surface area (Å²) in [7, 11) is -3.07. The number of nitrogens with two attached hydrogens (primary N) is 1. The van der Waals surface area contributed by atoms with Crippen molar-refractivity contribution in [3.63, 3.8) is 0 Å². The van der Waals surface area contributed by atoms with Gasteiger partial charge in [-0.15, -0.1) is 0 Å². The highest BCUT2D eigenvalue weighted by Crippen LogP contribution is 2.14. The monoisotopic (exact) mass is 222 g/mol. The summed E-state index contributed by atoms with van der Waals surface area (Å²) < 4.78 is 29.4. The molecule has 0 aromatic rings. The van der Waals surface area contributed by atoms with Crippen LogP contribution in [-0.4, -0.2) is 40.0 Å². The molecule has 5 nitrogen and oxygen atoms in total. The summed E-state index contributed by atoms with van der Waals surface area (Å²) in [6, 6.07) is 0.147. The van der Waals surface area contributed by atoms with Crippen LogP contribution in [0.4, 0.5) is 0 Å². The van der Waals surface area contributed by atoms with Crippen molar-refractivity contribution >= 4 is 10.0 Å². The highest BCUT2D eigenvalue weighted by atomic mass is 32.2. The maximum Gasteiger partial charge on any atom is 0.208 e. The van der Waals surface area contributed by atoms with Gasteiger partial charge in [0.25, 0.3) is 0 Å². The van der Waals surface area contributed by atoms with E-state index in [9.17, 15) is 8.42 Å². The Morgan fingerprint density at radius 1 is 1.50 bits per heavy atom. The molecule has 0 aliphatic carbocycles. The van der Waals surface area contributed by atoms with Crippen LogP contribution in [0, 0.1) is 0 Å². The van der Waals surface area contributed by atoms with Gasteiger partial charge in [0.2, 0.25) is 10.0 Å². The van der Waals surface area contributed by atoms with Crippen molar-refractivity contribution in [2.24, 2.45) is 5.73 Å². The molecule has 0 amide bonds. The van der Waals surface area contributed by atoms with Crippen LogP contribution < -0.4 is 10.5 Å². The van der Waals surface area contributed by atoms with Crippen molar-refractivity contribution in [2.45, 2.75) is 31.4 Å². The summed E-state index contributed by atoms with van der Waals surface area (Å²) in [5.74, 6) is 0. The number of sulfonamides is 1. The maximum absolute atomic E-state index is 10.8. The van der Waals surface area contributed by atoms with Gasteiger partial charge >= 0.3 is 0 Å². The Morgan fingerprint density at radius 2 is 2.21 bits per heavy atom. The van der Waals surface area contributed by atoms with Gasteiger partial charge in [0.05, 0.1) is 19.0 Å². The minimum Gasteiger partial charge on any atom is -0.377 e. The molecular weight excluding hydrogens is 204 g/mol. The Bertz CT molecular complexity index is 258. The van der Waals surface area contributed by atoms with E-state index in [1.807, 2.05) is 0 Å². The van der Waals surface area contributed by atoms with Crippen molar-refractivity contribution in [3.8, 4) is 0 Å². The summed E-state index contributed by atoms with van der Waals surface area (Å²) in [5.41, 5.74) is 5.66. The molecule has 0 spiro atoms. The van der Waals surface area contributed by atoms with Crippen LogP contribution in [-0.2, 0) is 14.8 Å². The van der Waals surface area contributed by atoms with Gasteiger partial charge in [-0.25, -0.2) is 13.1 Å². The molecule has 1 saturated heterocycles. The first kappa shape index (κ1) is 11.9. The fraction of sp³-hybridized carbons (Fsp3) is 1.00. The molecule has 14 heavy (non-hydrogen) atoms. The summed E-state index contributed by atoms with van der Waals surface area (Å²) in [6.45, 7) is 1.03. The number of rotatable bonds is 4. The topological polar surface area (TPSA) is 81.4 Å². The van der Waals surface area contributed by atoms with Crippen molar-refractivity contribution in [3.05, 3.63) is 0 Å². The van der Waals surface area contributed by atoms with Gasteiger partial charge in [0.1, 0.15) is 0 Å². The quantitative estimate of drug-likeness (QED) is 0.667. The lowest BCUT2D eigenvalue weighted by atomic mass is 10.0. The van der Waals surface area contributed by atoms with Crippen LogP contribution >= 0.6 is 0 Å². The van der Waals surface area contributed by atoms with Gasteiger partial charge in [0, 0.05) is 12.6 Å². The van der Waals surface area contributed by atoms with Crippen LogP contribution in [0.2, 0.25) is 0 Å². The zero-order valence-corrected chi connectivity index (χ0v) is 9.22. The van der Waals surface area contributed by atoms with Crippen molar-refractivity contribution in [1.29, 1.82) is 0 Å². The van der Waals surface area contributed by atoms with Crippen LogP contribution in [0.1, 0.15) is 19.3 Å². The molecule has 84 valence electrons. The first-order valence-electron chi connectivity index (χ1n) is 4.79. The lowest BCUT2D eigenvalue weighted by Crippen LogP contribution is -2.37. The van der Waals surface area contributed by atoms with Crippen LogP contribution in [0.5, 0.6) is 0 Å². The highest BCUT2D eigenvalue weighted by Gasteiger charge is 2.18. The molecule has 2 atom stereocenters. The number of ether oxygens (including phenoxy) is 1. The van der Waals surface area contributed by atoms with Gasteiger partial charge in [-0.1, -0.05) is 0 Å². The molecule has 0 unspecified atom stereocenters. The second-order valence-corrected chi connectivity index (χ2v) is 5.58. The van der Waals surface area contributed by atoms with E-state index in [1.54, 1.807) is 0 Å². The molecule has 1 aliphatic rings. The minimum atomic E-state index is -3.07. The Morgan fingerprint density at radius 3 is 2.71 bits per heavy atom. The summed E-state index contributed by atoms with van der Waals surface area (Å²) >= 11 is 0. The molecule has 0 bridgehead atoms. The SMILES string of the molecule is CS(=O)(=O)NCC[C@@H]1CC[C@@H](N)CO1. The first-order chi connectivity index (χ1) is 6.47. The molecule has 1 aliphatic heterocycles. The Balaban J connectivity index is 2.14. The molecule has 0 aromatic heterocycles. The maximum atomic E-state index is 10.8. The Hall–Kier alpha value is -0.170. The molecule has 3 N–H and O–H groups in total. The third-order valence-electron chi connectivity index (χ3n) is 2.24. The predicted molar refractivity (Wildman–Crippen MR) is 54.4 cm³/mol. The number of hydrogen-bond donors (Lipinski definition) is 2. The van der Waals surface area contributed by atoms with E-state index in [2.05, 4.69) is 4.72 Å². The lowest BCUT2D eigenvalue weighted by Gasteiger charge is -2.26. The van der Waals surface area contributed by atoms with Gasteiger partial charge in [-0.05, 0) is 19.3 Å². The van der Waals surface area contributed by atoms with Crippen LogP contribution in [0.15, 0.2) is 0 Å². The van der Waals surface area contributed by atoms with Gasteiger partial charge in [-0.3, -0.25) is 0 Å². The fourth-order valence-electron chi connectivity index (χ4n) is 1.46. The Kier molecular flexibility index (Phi) is 4.31. The normalized spacial score (nSPS) is 29.0. The third kappa shape index (κ3) is 4.90. The van der Waals surface area contributed by atoms with Gasteiger partial charge in [-0.2, -0.15) is 0 Å². The van der Waals surface area contributed by atoms with Crippen molar-refractivity contribution < 1.29 is 13.2 Å². The van der Waals surface area contributed by atoms with E-state index < -0.39 is 10.0 Å². The second kappa shape index (κ2) is 5.06. The first-order valence-corrected chi connectivity index (χ1v) is 6.68. The average molecular weight is 222 g/mol.